The number of carbonyl (C=O) groups is 2. The summed E-state index contributed by atoms with van der Waals surface area (Å²) >= 11 is 0. The number of ketones is 1. The molecule has 2 heterocycles. The van der Waals surface area contributed by atoms with Gasteiger partial charge in [-0.1, -0.05) is 12.1 Å². The summed E-state index contributed by atoms with van der Waals surface area (Å²) in [6.07, 6.45) is 4.07. The Morgan fingerprint density at radius 3 is 2.47 bits per heavy atom. The Labute approximate surface area is 181 Å². The zero-order chi connectivity index (χ0) is 22.8. The van der Waals surface area contributed by atoms with Gasteiger partial charge in [-0.05, 0) is 48.9 Å². The minimum atomic E-state index is -0.610. The molecule has 0 radical (unpaired) electrons. The van der Waals surface area contributed by atoms with Crippen LogP contribution in [0.15, 0.2) is 71.9 Å². The second-order valence-corrected chi connectivity index (χ2v) is 7.21. The van der Waals surface area contributed by atoms with Crippen molar-refractivity contribution < 1.29 is 18.4 Å². The van der Waals surface area contributed by atoms with Crippen LogP contribution in [0.4, 0.5) is 14.5 Å². The molecule has 8 heteroatoms. The van der Waals surface area contributed by atoms with E-state index in [0.29, 0.717) is 0 Å². The molecule has 0 unspecified atom stereocenters. The molecule has 0 saturated carbocycles. The fourth-order valence-corrected chi connectivity index (χ4v) is 3.38. The molecular weight excluding hydrogens is 416 g/mol. The van der Waals surface area contributed by atoms with Gasteiger partial charge in [0.05, 0.1) is 16.8 Å². The van der Waals surface area contributed by atoms with Crippen molar-refractivity contribution in [3.63, 3.8) is 0 Å². The summed E-state index contributed by atoms with van der Waals surface area (Å²) in [7, 11) is 0. The van der Waals surface area contributed by atoms with E-state index in [1.54, 1.807) is 6.07 Å². The highest BCUT2D eigenvalue weighted by Crippen LogP contribution is 2.19. The number of rotatable bonds is 5. The summed E-state index contributed by atoms with van der Waals surface area (Å²) < 4.78 is 29.5. The zero-order valence-corrected chi connectivity index (χ0v) is 16.9. The topological polar surface area (TPSA) is 81.1 Å². The largest absolute Gasteiger partial charge is 0.337 e. The molecule has 160 valence electrons. The van der Waals surface area contributed by atoms with Crippen molar-refractivity contribution >= 4 is 28.3 Å². The van der Waals surface area contributed by atoms with Gasteiger partial charge in [0.1, 0.15) is 18.2 Å². The summed E-state index contributed by atoms with van der Waals surface area (Å²) in [5.41, 5.74) is -0.141. The van der Waals surface area contributed by atoms with E-state index < -0.39 is 28.8 Å². The van der Waals surface area contributed by atoms with Crippen molar-refractivity contribution in [2.24, 2.45) is 0 Å². The normalized spacial score (nSPS) is 10.8. The smallest absolute Gasteiger partial charge is 0.244 e. The molecule has 0 bridgehead atoms. The van der Waals surface area contributed by atoms with Gasteiger partial charge >= 0.3 is 0 Å². The second kappa shape index (κ2) is 8.50. The number of fused-ring (bicyclic) bond motifs is 1. The van der Waals surface area contributed by atoms with Crippen LogP contribution in [-0.2, 0) is 11.3 Å². The molecule has 0 aliphatic rings. The molecule has 0 aliphatic heterocycles. The van der Waals surface area contributed by atoms with Gasteiger partial charge in [0.25, 0.3) is 0 Å². The molecule has 6 nitrogen and oxygen atoms in total. The van der Waals surface area contributed by atoms with Crippen molar-refractivity contribution in [1.82, 2.24) is 9.55 Å². The lowest BCUT2D eigenvalue weighted by atomic mass is 10.0. The van der Waals surface area contributed by atoms with Crippen LogP contribution in [-0.4, -0.2) is 21.2 Å². The quantitative estimate of drug-likeness (QED) is 0.485. The van der Waals surface area contributed by atoms with E-state index in [1.807, 2.05) is 0 Å². The summed E-state index contributed by atoms with van der Waals surface area (Å²) in [5, 5.41) is 2.54. The predicted molar refractivity (Wildman–Crippen MR) is 116 cm³/mol. The molecule has 0 fully saturated rings. The van der Waals surface area contributed by atoms with Crippen LogP contribution in [0.5, 0.6) is 0 Å². The van der Waals surface area contributed by atoms with Crippen molar-refractivity contribution in [2.45, 2.75) is 13.5 Å². The summed E-state index contributed by atoms with van der Waals surface area (Å²) in [4.78, 5) is 42.5. The SMILES string of the molecule is Cc1cc2c(=O)c(C(=O)c3ccncc3)cn(CC(=O)Nc3ccccc3F)c2cc1F. The molecule has 0 saturated heterocycles. The number of pyridine rings is 2. The van der Waals surface area contributed by atoms with Gasteiger partial charge in [0, 0.05) is 29.5 Å². The second-order valence-electron chi connectivity index (χ2n) is 7.21. The van der Waals surface area contributed by atoms with Crippen LogP contribution in [0.1, 0.15) is 21.5 Å². The third-order valence-electron chi connectivity index (χ3n) is 5.01. The molecule has 0 atom stereocenters. The number of hydrogen-bond acceptors (Lipinski definition) is 4. The Hall–Kier alpha value is -4.20. The van der Waals surface area contributed by atoms with Gasteiger partial charge in [-0.15, -0.1) is 0 Å². The van der Waals surface area contributed by atoms with Gasteiger partial charge in [-0.25, -0.2) is 8.78 Å². The fourth-order valence-electron chi connectivity index (χ4n) is 3.38. The molecule has 32 heavy (non-hydrogen) atoms. The van der Waals surface area contributed by atoms with E-state index in [-0.39, 0.29) is 39.8 Å². The number of nitrogens with zero attached hydrogens (tertiary/aromatic N) is 2. The number of hydrogen-bond donors (Lipinski definition) is 1. The van der Waals surface area contributed by atoms with E-state index in [0.717, 1.165) is 6.07 Å². The fraction of sp³-hybridized carbons (Fsp3) is 0.0833. The van der Waals surface area contributed by atoms with Crippen LogP contribution >= 0.6 is 0 Å². The van der Waals surface area contributed by atoms with Crippen LogP contribution in [0.25, 0.3) is 10.9 Å². The average molecular weight is 433 g/mol. The zero-order valence-electron chi connectivity index (χ0n) is 16.9. The van der Waals surface area contributed by atoms with Crippen LogP contribution < -0.4 is 10.7 Å². The average Bonchev–Trinajstić information content (AvgIpc) is 2.79. The first-order valence-corrected chi connectivity index (χ1v) is 9.67. The number of benzene rings is 2. The van der Waals surface area contributed by atoms with E-state index in [9.17, 15) is 23.2 Å². The minimum absolute atomic E-state index is 0.0158. The number of amides is 1. The highest BCUT2D eigenvalue weighted by molar-refractivity contribution is 6.10. The van der Waals surface area contributed by atoms with E-state index in [4.69, 9.17) is 0 Å². The lowest BCUT2D eigenvalue weighted by Gasteiger charge is -2.14. The maximum Gasteiger partial charge on any atom is 0.244 e. The molecular formula is C24H17F2N3O3. The number of nitrogens with one attached hydrogen (secondary N) is 1. The minimum Gasteiger partial charge on any atom is -0.337 e. The number of para-hydroxylation sites is 1. The first-order valence-electron chi connectivity index (χ1n) is 9.67. The Balaban J connectivity index is 1.81. The monoisotopic (exact) mass is 433 g/mol. The number of aryl methyl sites for hydroxylation is 1. The summed E-state index contributed by atoms with van der Waals surface area (Å²) in [6.45, 7) is 1.13. The Bertz CT molecular complexity index is 1420. The van der Waals surface area contributed by atoms with E-state index in [1.165, 1.54) is 66.5 Å². The maximum atomic E-state index is 14.3. The molecule has 4 rings (SSSR count). The van der Waals surface area contributed by atoms with E-state index >= 15 is 0 Å². The van der Waals surface area contributed by atoms with Crippen molar-refractivity contribution in [1.29, 1.82) is 0 Å². The molecule has 1 N–H and O–H groups in total. The van der Waals surface area contributed by atoms with Gasteiger partial charge < -0.3 is 9.88 Å². The highest BCUT2D eigenvalue weighted by Gasteiger charge is 2.19. The molecule has 1 amide bonds. The molecule has 2 aromatic carbocycles. The number of halogens is 2. The van der Waals surface area contributed by atoms with E-state index in [2.05, 4.69) is 10.3 Å². The Kier molecular flexibility index (Phi) is 5.59. The predicted octanol–water partition coefficient (Wildman–Crippen LogP) is 3.85. The summed E-state index contributed by atoms with van der Waals surface area (Å²) in [6, 6.07) is 11.1. The van der Waals surface area contributed by atoms with Gasteiger partial charge in [-0.3, -0.25) is 19.4 Å². The Morgan fingerprint density at radius 1 is 1.03 bits per heavy atom. The standard InChI is InChI=1S/C24H17F2N3O3/c1-14-10-16-21(11-19(14)26)29(13-22(30)28-20-5-3-2-4-18(20)25)12-17(24(16)32)23(31)15-6-8-27-9-7-15/h2-12H,13H2,1H3,(H,28,30). The number of carbonyl (C=O) groups excluding carboxylic acids is 2. The first kappa shape index (κ1) is 21.0. The van der Waals surface area contributed by atoms with Crippen LogP contribution in [0, 0.1) is 18.6 Å². The molecule has 0 spiro atoms. The lowest BCUT2D eigenvalue weighted by molar-refractivity contribution is -0.116. The lowest BCUT2D eigenvalue weighted by Crippen LogP contribution is -2.24. The molecule has 2 aromatic heterocycles. The van der Waals surface area contributed by atoms with Gasteiger partial charge in [-0.2, -0.15) is 0 Å². The van der Waals surface area contributed by atoms with Crippen molar-refractivity contribution in [2.75, 3.05) is 5.32 Å². The number of anilines is 1. The maximum absolute atomic E-state index is 14.3. The first-order chi connectivity index (χ1) is 15.3. The third-order valence-corrected chi connectivity index (χ3v) is 5.01. The summed E-state index contributed by atoms with van der Waals surface area (Å²) in [5.74, 6) is -2.33. The van der Waals surface area contributed by atoms with Crippen molar-refractivity contribution in [3.8, 4) is 0 Å². The Morgan fingerprint density at radius 2 is 1.75 bits per heavy atom. The highest BCUT2D eigenvalue weighted by atomic mass is 19.1. The molecule has 0 aliphatic carbocycles. The third kappa shape index (κ3) is 4.02. The van der Waals surface area contributed by atoms with Crippen molar-refractivity contribution in [3.05, 3.63) is 106 Å². The van der Waals surface area contributed by atoms with Gasteiger partial charge in [0.15, 0.2) is 5.78 Å². The van der Waals surface area contributed by atoms with Crippen LogP contribution in [0.2, 0.25) is 0 Å². The van der Waals surface area contributed by atoms with Gasteiger partial charge in [0.2, 0.25) is 11.3 Å². The molecule has 4 aromatic rings. The van der Waals surface area contributed by atoms with Crippen LogP contribution in [0.3, 0.4) is 0 Å². The number of aromatic nitrogens is 2.